The highest BCUT2D eigenvalue weighted by Crippen LogP contribution is 2.40. The second-order valence-electron chi connectivity index (χ2n) is 11.0. The zero-order chi connectivity index (χ0) is 28.8. The van der Waals surface area contributed by atoms with E-state index in [9.17, 15) is 5.11 Å². The number of nitrogens with one attached hydrogen (secondary N) is 1. The number of aryl methyl sites for hydroxylation is 1. The molecule has 0 atom stereocenters. The average molecular weight is 538 g/mol. The zero-order valence-corrected chi connectivity index (χ0v) is 24.8. The monoisotopic (exact) mass is 537 g/mol. The maximum atomic E-state index is 10.1. The molecule has 1 aliphatic heterocycles. The molecule has 0 saturated carbocycles. The molecule has 2 rings (SSSR count). The molecule has 1 aromatic carbocycles. The Morgan fingerprint density at radius 1 is 1.28 bits per heavy atom. The van der Waals surface area contributed by atoms with Crippen LogP contribution in [0.1, 0.15) is 79.9 Å². The number of aliphatic hydroxyl groups is 1. The van der Waals surface area contributed by atoms with Crippen LogP contribution in [0.4, 0.5) is 11.4 Å². The predicted octanol–water partition coefficient (Wildman–Crippen LogP) is 7.32. The lowest BCUT2D eigenvalue weighted by atomic mass is 9.77. The van der Waals surface area contributed by atoms with Gasteiger partial charge in [0.1, 0.15) is 11.4 Å². The molecule has 1 fully saturated rings. The number of nitrogens with two attached hydrogens (primary N) is 1. The van der Waals surface area contributed by atoms with Crippen LogP contribution >= 0.6 is 0 Å². The summed E-state index contributed by atoms with van der Waals surface area (Å²) in [5.41, 5.74) is 12.6. The fourth-order valence-corrected chi connectivity index (χ4v) is 4.76. The van der Waals surface area contributed by atoms with Gasteiger partial charge in [-0.05, 0) is 78.3 Å². The van der Waals surface area contributed by atoms with E-state index in [1.54, 1.807) is 19.9 Å². The first kappa shape index (κ1) is 33.7. The second-order valence-corrected chi connectivity index (χ2v) is 11.0. The van der Waals surface area contributed by atoms with Crippen LogP contribution in [0.25, 0.3) is 5.57 Å². The Bertz CT molecular complexity index is 1180. The molecule has 0 aliphatic carbocycles. The third-order valence-corrected chi connectivity index (χ3v) is 6.93. The van der Waals surface area contributed by atoms with E-state index < -0.39 is 5.60 Å². The molecule has 0 spiro atoms. The lowest BCUT2D eigenvalue weighted by Gasteiger charge is -2.50. The lowest BCUT2D eigenvalue weighted by Crippen LogP contribution is -2.53. The minimum absolute atomic E-state index is 0. The van der Waals surface area contributed by atoms with Crippen molar-refractivity contribution in [2.75, 3.05) is 31.2 Å². The topological polar surface area (TPSA) is 95.5 Å². The molecule has 0 unspecified atom stereocenters. The van der Waals surface area contributed by atoms with E-state index in [4.69, 9.17) is 15.5 Å². The molecule has 7 heteroatoms. The molecular formula is C32H51N5O2. The first-order valence-electron chi connectivity index (χ1n) is 13.2. The van der Waals surface area contributed by atoms with Crippen LogP contribution in [0, 0.1) is 12.3 Å². The Morgan fingerprint density at radius 2 is 1.90 bits per heavy atom. The van der Waals surface area contributed by atoms with Gasteiger partial charge in [-0.1, -0.05) is 34.3 Å². The molecular weight excluding hydrogens is 486 g/mol. The van der Waals surface area contributed by atoms with Gasteiger partial charge in [-0.3, -0.25) is 4.99 Å². The van der Waals surface area contributed by atoms with Crippen LogP contribution in [0.3, 0.4) is 0 Å². The fourth-order valence-electron chi connectivity index (χ4n) is 4.76. The number of benzene rings is 1. The van der Waals surface area contributed by atoms with Gasteiger partial charge in [-0.25, -0.2) is 4.99 Å². The van der Waals surface area contributed by atoms with Crippen molar-refractivity contribution in [1.82, 2.24) is 4.90 Å². The number of nitrogen functional groups attached to an aromatic ring is 1. The van der Waals surface area contributed by atoms with E-state index in [2.05, 4.69) is 62.1 Å². The number of hydrogen-bond acceptors (Lipinski definition) is 7. The number of ether oxygens (including phenoxy) is 1. The number of rotatable bonds is 12. The summed E-state index contributed by atoms with van der Waals surface area (Å²) in [6.07, 6.45) is 5.64. The summed E-state index contributed by atoms with van der Waals surface area (Å²) in [4.78, 5) is 11.4. The van der Waals surface area contributed by atoms with Crippen molar-refractivity contribution in [2.45, 2.75) is 81.3 Å². The summed E-state index contributed by atoms with van der Waals surface area (Å²) in [6.45, 7) is 25.7. The Labute approximate surface area is 237 Å². The van der Waals surface area contributed by atoms with Gasteiger partial charge in [0.05, 0.1) is 29.0 Å². The number of aliphatic imine (C=N–C) groups is 2. The van der Waals surface area contributed by atoms with Crippen LogP contribution < -0.4 is 11.1 Å². The standard InChI is InChI=1S/C31H47N5O2.CH4/c1-12-14-31(10)18-36(19-31)22(5)28(26-15-20(3)16-27(33-11)29(26)32)21(4)35-24(7)38-25(13-2)17-34-23(6)30(8,9)37;/h13,15-17,33,37H,6-7,12,14,18-19,32H2,1-5,8-11H3;1H4/b25-13+,28-22-,34-17?,35-21-;. The summed E-state index contributed by atoms with van der Waals surface area (Å²) in [5.74, 6) is 0.672. The van der Waals surface area contributed by atoms with E-state index in [1.807, 2.05) is 27.0 Å². The SMILES string of the molecule is C.C=C(/N=C(C)\C(=C(/C)N1CC(C)(CCC)C1)c1cc(C)cc(NC)c1N)O/C(C=NC(=C)C(C)(C)O)=C/C. The molecule has 0 radical (unpaired) electrons. The van der Waals surface area contributed by atoms with Gasteiger partial charge >= 0.3 is 0 Å². The maximum Gasteiger partial charge on any atom is 0.212 e. The Hall–Kier alpha value is -3.32. The van der Waals surface area contributed by atoms with Crippen molar-refractivity contribution in [2.24, 2.45) is 15.4 Å². The lowest BCUT2D eigenvalue weighted by molar-refractivity contribution is 0.0388. The highest BCUT2D eigenvalue weighted by atomic mass is 16.5. The Morgan fingerprint density at radius 3 is 2.41 bits per heavy atom. The van der Waals surface area contributed by atoms with Crippen molar-refractivity contribution in [3.63, 3.8) is 0 Å². The van der Waals surface area contributed by atoms with E-state index >= 15 is 0 Å². The van der Waals surface area contributed by atoms with Crippen LogP contribution in [0.5, 0.6) is 0 Å². The van der Waals surface area contributed by atoms with Gasteiger partial charge in [-0.2, -0.15) is 0 Å². The van der Waals surface area contributed by atoms with Crippen molar-refractivity contribution < 1.29 is 9.84 Å². The number of hydrogen-bond donors (Lipinski definition) is 3. The summed E-state index contributed by atoms with van der Waals surface area (Å²) < 4.78 is 5.89. The summed E-state index contributed by atoms with van der Waals surface area (Å²) in [7, 11) is 1.88. The largest absolute Gasteiger partial charge is 0.438 e. The number of anilines is 2. The van der Waals surface area contributed by atoms with Crippen LogP contribution in [-0.4, -0.2) is 47.7 Å². The van der Waals surface area contributed by atoms with Gasteiger partial charge in [0.25, 0.3) is 0 Å². The minimum Gasteiger partial charge on any atom is -0.438 e. The highest BCUT2D eigenvalue weighted by Gasteiger charge is 2.38. The van der Waals surface area contributed by atoms with E-state index in [-0.39, 0.29) is 13.3 Å². The minimum atomic E-state index is -1.12. The molecule has 216 valence electrons. The first-order chi connectivity index (χ1) is 17.7. The molecule has 0 aromatic heterocycles. The molecule has 39 heavy (non-hydrogen) atoms. The quantitative estimate of drug-likeness (QED) is 0.148. The smallest absolute Gasteiger partial charge is 0.212 e. The van der Waals surface area contributed by atoms with Crippen LogP contribution in [-0.2, 0) is 4.74 Å². The van der Waals surface area contributed by atoms with Crippen molar-refractivity contribution in [1.29, 1.82) is 0 Å². The van der Waals surface area contributed by atoms with Crippen molar-refractivity contribution >= 4 is 28.9 Å². The zero-order valence-electron chi connectivity index (χ0n) is 24.8. The van der Waals surface area contributed by atoms with E-state index in [0.717, 1.165) is 46.9 Å². The molecule has 1 aromatic rings. The molecule has 7 nitrogen and oxygen atoms in total. The van der Waals surface area contributed by atoms with Gasteiger partial charge in [0.15, 0.2) is 0 Å². The summed E-state index contributed by atoms with van der Waals surface area (Å²) in [5, 5.41) is 13.3. The van der Waals surface area contributed by atoms with Crippen LogP contribution in [0.2, 0.25) is 0 Å². The predicted molar refractivity (Wildman–Crippen MR) is 170 cm³/mol. The number of likely N-dealkylation sites (tertiary alicyclic amines) is 1. The molecule has 0 amide bonds. The van der Waals surface area contributed by atoms with E-state index in [1.165, 1.54) is 19.1 Å². The molecule has 1 saturated heterocycles. The third kappa shape index (κ3) is 8.59. The second kappa shape index (κ2) is 13.7. The molecule has 4 N–H and O–H groups in total. The number of allylic oxidation sites excluding steroid dienone is 4. The van der Waals surface area contributed by atoms with Gasteiger partial charge in [-0.15, -0.1) is 0 Å². The van der Waals surface area contributed by atoms with Crippen LogP contribution in [0.15, 0.2) is 64.4 Å². The Kier molecular flexibility index (Phi) is 11.8. The number of nitrogens with zero attached hydrogens (tertiary/aromatic N) is 3. The van der Waals surface area contributed by atoms with Gasteiger partial charge < -0.3 is 25.8 Å². The third-order valence-electron chi connectivity index (χ3n) is 6.93. The fraction of sp³-hybridized carbons (Fsp3) is 0.500. The van der Waals surface area contributed by atoms with Gasteiger partial charge in [0, 0.05) is 42.4 Å². The summed E-state index contributed by atoms with van der Waals surface area (Å²) >= 11 is 0. The Balaban J connectivity index is 0.00000760. The first-order valence-corrected chi connectivity index (χ1v) is 13.2. The maximum absolute atomic E-state index is 10.1. The average Bonchev–Trinajstić information content (AvgIpc) is 2.81. The normalized spacial score (nSPS) is 16.3. The molecule has 1 aliphatic rings. The van der Waals surface area contributed by atoms with Gasteiger partial charge in [0.2, 0.25) is 5.88 Å². The van der Waals surface area contributed by atoms with Crippen molar-refractivity contribution in [3.8, 4) is 0 Å². The molecule has 0 bridgehead atoms. The van der Waals surface area contributed by atoms with Crippen molar-refractivity contribution in [3.05, 3.63) is 65.5 Å². The summed E-state index contributed by atoms with van der Waals surface area (Å²) in [6, 6.07) is 4.15. The van der Waals surface area contributed by atoms with E-state index in [0.29, 0.717) is 22.6 Å². The highest BCUT2D eigenvalue weighted by molar-refractivity contribution is 6.25. The molecule has 1 heterocycles.